The number of benzene rings is 2. The molecule has 0 unspecified atom stereocenters. The van der Waals surface area contributed by atoms with Gasteiger partial charge in [0.15, 0.2) is 5.75 Å². The van der Waals surface area contributed by atoms with Crippen LogP contribution in [0.2, 0.25) is 0 Å². The summed E-state index contributed by atoms with van der Waals surface area (Å²) in [5.41, 5.74) is 3.63. The van der Waals surface area contributed by atoms with E-state index in [4.69, 9.17) is 9.78 Å². The van der Waals surface area contributed by atoms with Crippen LogP contribution < -0.4 is 4.89 Å². The summed E-state index contributed by atoms with van der Waals surface area (Å²) in [6, 6.07) is 15.8. The van der Waals surface area contributed by atoms with Crippen LogP contribution in [0.25, 0.3) is 0 Å². The summed E-state index contributed by atoms with van der Waals surface area (Å²) in [6.45, 7) is 4.62. The molecule has 0 saturated heterocycles. The summed E-state index contributed by atoms with van der Waals surface area (Å²) in [7, 11) is 0. The fourth-order valence-corrected chi connectivity index (χ4v) is 1.64. The Morgan fingerprint density at radius 2 is 1.71 bits per heavy atom. The molecule has 0 aromatic heterocycles. The summed E-state index contributed by atoms with van der Waals surface area (Å²) in [5, 5.41) is 0. The molecule has 0 spiro atoms. The molecule has 2 heteroatoms. The van der Waals surface area contributed by atoms with Crippen LogP contribution in [-0.4, -0.2) is 0 Å². The SMILES string of the molecule is Cc1ccc(COOc2ccccc2)c(C)c1. The highest BCUT2D eigenvalue weighted by atomic mass is 17.2. The third-order valence-corrected chi connectivity index (χ3v) is 2.61. The Morgan fingerprint density at radius 3 is 2.41 bits per heavy atom. The minimum atomic E-state index is 0.459. The molecule has 0 aliphatic rings. The standard InChI is InChI=1S/C15H16O2/c1-12-8-9-14(13(2)10-12)11-16-17-15-6-4-3-5-7-15/h3-10H,11H2,1-2H3. The molecular formula is C15H16O2. The largest absolute Gasteiger partial charge is 0.337 e. The predicted octanol–water partition coefficient (Wildman–Crippen LogP) is 3.81. The van der Waals surface area contributed by atoms with Crippen LogP contribution in [-0.2, 0) is 11.5 Å². The lowest BCUT2D eigenvalue weighted by Crippen LogP contribution is -1.99. The molecule has 0 bridgehead atoms. The number of hydrogen-bond donors (Lipinski definition) is 0. The van der Waals surface area contributed by atoms with Crippen molar-refractivity contribution in [3.05, 3.63) is 65.2 Å². The van der Waals surface area contributed by atoms with E-state index < -0.39 is 0 Å². The molecule has 17 heavy (non-hydrogen) atoms. The van der Waals surface area contributed by atoms with Gasteiger partial charge in [0.2, 0.25) is 0 Å². The van der Waals surface area contributed by atoms with E-state index in [2.05, 4.69) is 32.0 Å². The Balaban J connectivity index is 1.90. The molecule has 0 radical (unpaired) electrons. The van der Waals surface area contributed by atoms with Crippen molar-refractivity contribution in [3.63, 3.8) is 0 Å². The lowest BCUT2D eigenvalue weighted by atomic mass is 10.1. The van der Waals surface area contributed by atoms with Crippen molar-refractivity contribution in [2.24, 2.45) is 0 Å². The van der Waals surface area contributed by atoms with Gasteiger partial charge in [0.25, 0.3) is 0 Å². The summed E-state index contributed by atoms with van der Waals surface area (Å²) < 4.78 is 0. The highest BCUT2D eigenvalue weighted by molar-refractivity contribution is 5.29. The third-order valence-electron chi connectivity index (χ3n) is 2.61. The second-order valence-electron chi connectivity index (χ2n) is 4.09. The van der Waals surface area contributed by atoms with Crippen LogP contribution in [0.4, 0.5) is 0 Å². The molecule has 88 valence electrons. The second kappa shape index (κ2) is 5.51. The first-order valence-corrected chi connectivity index (χ1v) is 5.66. The van der Waals surface area contributed by atoms with Crippen LogP contribution in [0.5, 0.6) is 5.75 Å². The van der Waals surface area contributed by atoms with Gasteiger partial charge >= 0.3 is 0 Å². The zero-order valence-corrected chi connectivity index (χ0v) is 10.1. The fraction of sp³-hybridized carbons (Fsp3) is 0.200. The summed E-state index contributed by atoms with van der Waals surface area (Å²) in [6.07, 6.45) is 0. The molecule has 0 heterocycles. The number of aryl methyl sites for hydroxylation is 2. The highest BCUT2D eigenvalue weighted by Gasteiger charge is 2.00. The van der Waals surface area contributed by atoms with E-state index >= 15 is 0 Å². The normalized spacial score (nSPS) is 10.2. The molecule has 0 saturated carbocycles. The lowest BCUT2D eigenvalue weighted by Gasteiger charge is -2.07. The average Bonchev–Trinajstić information content (AvgIpc) is 2.33. The molecule has 0 atom stereocenters. The maximum atomic E-state index is 5.23. The fourth-order valence-electron chi connectivity index (χ4n) is 1.64. The van der Waals surface area contributed by atoms with Gasteiger partial charge in [-0.15, -0.1) is 0 Å². The van der Waals surface area contributed by atoms with Gasteiger partial charge in [-0.1, -0.05) is 42.0 Å². The van der Waals surface area contributed by atoms with Gasteiger partial charge in [-0.05, 0) is 37.1 Å². The van der Waals surface area contributed by atoms with Gasteiger partial charge in [0, 0.05) is 0 Å². The molecule has 2 aromatic rings. The van der Waals surface area contributed by atoms with Crippen LogP contribution in [0.15, 0.2) is 48.5 Å². The van der Waals surface area contributed by atoms with Gasteiger partial charge in [-0.25, -0.2) is 0 Å². The molecule has 2 nitrogen and oxygen atoms in total. The van der Waals surface area contributed by atoms with Crippen molar-refractivity contribution >= 4 is 0 Å². The molecule has 0 fully saturated rings. The highest BCUT2D eigenvalue weighted by Crippen LogP contribution is 2.13. The number of para-hydroxylation sites is 1. The Hall–Kier alpha value is -1.80. The summed E-state index contributed by atoms with van der Waals surface area (Å²) >= 11 is 0. The van der Waals surface area contributed by atoms with Crippen LogP contribution >= 0.6 is 0 Å². The zero-order valence-electron chi connectivity index (χ0n) is 10.1. The van der Waals surface area contributed by atoms with E-state index in [1.165, 1.54) is 11.1 Å². The van der Waals surface area contributed by atoms with E-state index in [1.807, 2.05) is 30.3 Å². The molecule has 0 aliphatic carbocycles. The van der Waals surface area contributed by atoms with Crippen molar-refractivity contribution in [1.82, 2.24) is 0 Å². The van der Waals surface area contributed by atoms with Crippen molar-refractivity contribution in [2.75, 3.05) is 0 Å². The average molecular weight is 228 g/mol. The number of rotatable bonds is 4. The molecule has 0 N–H and O–H groups in total. The maximum Gasteiger partial charge on any atom is 0.165 e. The molecular weight excluding hydrogens is 212 g/mol. The first kappa shape index (κ1) is 11.7. The Bertz CT molecular complexity index is 478. The van der Waals surface area contributed by atoms with Crippen molar-refractivity contribution < 1.29 is 9.78 Å². The van der Waals surface area contributed by atoms with Gasteiger partial charge in [0.1, 0.15) is 6.61 Å². The predicted molar refractivity (Wildman–Crippen MR) is 67.8 cm³/mol. The van der Waals surface area contributed by atoms with Crippen LogP contribution in [0, 0.1) is 13.8 Å². The maximum absolute atomic E-state index is 5.23. The smallest absolute Gasteiger partial charge is 0.165 e. The Kier molecular flexibility index (Phi) is 3.78. The van der Waals surface area contributed by atoms with Gasteiger partial charge < -0.3 is 4.89 Å². The van der Waals surface area contributed by atoms with E-state index in [9.17, 15) is 0 Å². The first-order valence-electron chi connectivity index (χ1n) is 5.66. The minimum absolute atomic E-state index is 0.459. The van der Waals surface area contributed by atoms with E-state index in [1.54, 1.807) is 0 Å². The Morgan fingerprint density at radius 1 is 0.941 bits per heavy atom. The molecule has 2 rings (SSSR count). The third kappa shape index (κ3) is 3.33. The molecule has 2 aromatic carbocycles. The second-order valence-corrected chi connectivity index (χ2v) is 4.09. The number of hydrogen-bond acceptors (Lipinski definition) is 2. The topological polar surface area (TPSA) is 18.5 Å². The monoisotopic (exact) mass is 228 g/mol. The van der Waals surface area contributed by atoms with Gasteiger partial charge in [-0.2, -0.15) is 4.89 Å². The lowest BCUT2D eigenvalue weighted by molar-refractivity contribution is -0.217. The van der Waals surface area contributed by atoms with Crippen LogP contribution in [0.3, 0.4) is 0 Å². The van der Waals surface area contributed by atoms with Crippen LogP contribution in [0.1, 0.15) is 16.7 Å². The van der Waals surface area contributed by atoms with Crippen molar-refractivity contribution in [3.8, 4) is 5.75 Å². The molecule has 0 aliphatic heterocycles. The zero-order chi connectivity index (χ0) is 12.1. The summed E-state index contributed by atoms with van der Waals surface area (Å²) in [4.78, 5) is 10.4. The first-order chi connectivity index (χ1) is 8.25. The minimum Gasteiger partial charge on any atom is -0.337 e. The van der Waals surface area contributed by atoms with E-state index in [0.717, 1.165) is 11.3 Å². The van der Waals surface area contributed by atoms with Crippen molar-refractivity contribution in [2.45, 2.75) is 20.5 Å². The quantitative estimate of drug-likeness (QED) is 0.585. The molecule has 0 amide bonds. The van der Waals surface area contributed by atoms with E-state index in [0.29, 0.717) is 6.61 Å². The summed E-state index contributed by atoms with van der Waals surface area (Å²) in [5.74, 6) is 0.720. The van der Waals surface area contributed by atoms with Gasteiger partial charge in [-0.3, -0.25) is 0 Å². The van der Waals surface area contributed by atoms with Crippen molar-refractivity contribution in [1.29, 1.82) is 0 Å². The van der Waals surface area contributed by atoms with E-state index in [-0.39, 0.29) is 0 Å². The van der Waals surface area contributed by atoms with Gasteiger partial charge in [0.05, 0.1) is 0 Å². The Labute approximate surface area is 102 Å².